The number of urea groups is 1. The summed E-state index contributed by atoms with van der Waals surface area (Å²) in [7, 11) is 1.31. The third-order valence-corrected chi connectivity index (χ3v) is 3.93. The van der Waals surface area contributed by atoms with Crippen LogP contribution in [-0.2, 0) is 20.8 Å². The number of benzene rings is 1. The lowest BCUT2D eigenvalue weighted by molar-refractivity contribution is -0.143. The van der Waals surface area contributed by atoms with Gasteiger partial charge in [-0.3, -0.25) is 19.3 Å². The molecule has 1 aromatic rings. The van der Waals surface area contributed by atoms with Crippen molar-refractivity contribution in [2.45, 2.75) is 13.0 Å². The van der Waals surface area contributed by atoms with E-state index in [1.54, 1.807) is 0 Å². The molecule has 0 radical (unpaired) electrons. The van der Waals surface area contributed by atoms with Gasteiger partial charge in [-0.1, -0.05) is 12.1 Å². The molecule has 0 aliphatic carbocycles. The number of carbonyl (C=O) groups excluding carboxylic acids is 4. The number of nitrogens with one attached hydrogen (secondary N) is 1. The van der Waals surface area contributed by atoms with Crippen LogP contribution < -0.4 is 14.8 Å². The van der Waals surface area contributed by atoms with E-state index in [2.05, 4.69) is 16.6 Å². The van der Waals surface area contributed by atoms with Gasteiger partial charge in [0.25, 0.3) is 0 Å². The fourth-order valence-electron chi connectivity index (χ4n) is 2.59. The number of rotatable bonds is 10. The second kappa shape index (κ2) is 9.62. The first kappa shape index (κ1) is 21.8. The van der Waals surface area contributed by atoms with E-state index in [0.717, 1.165) is 0 Å². The summed E-state index contributed by atoms with van der Waals surface area (Å²) in [6, 6.07) is 3.47. The molecule has 1 N–H and O–H groups in total. The van der Waals surface area contributed by atoms with Gasteiger partial charge in [0.05, 0.1) is 7.11 Å². The van der Waals surface area contributed by atoms with Gasteiger partial charge in [-0.15, -0.1) is 6.58 Å². The van der Waals surface area contributed by atoms with Crippen LogP contribution in [0.5, 0.6) is 11.5 Å². The number of halogens is 2. The van der Waals surface area contributed by atoms with Crippen LogP contribution in [0.4, 0.5) is 13.6 Å². The van der Waals surface area contributed by atoms with Gasteiger partial charge in [-0.05, 0) is 24.1 Å². The molecule has 156 valence electrons. The zero-order valence-corrected chi connectivity index (χ0v) is 15.5. The molecule has 11 heteroatoms. The number of amides is 5. The molecule has 1 saturated heterocycles. The largest absolute Gasteiger partial charge is 0.493 e. The average Bonchev–Trinajstić information content (AvgIpc) is 2.87. The minimum absolute atomic E-state index is 0.114. The molecule has 0 bridgehead atoms. The van der Waals surface area contributed by atoms with Crippen molar-refractivity contribution >= 4 is 23.8 Å². The summed E-state index contributed by atoms with van der Waals surface area (Å²) in [5.74, 6) is -2.73. The van der Waals surface area contributed by atoms with Crippen LogP contribution in [0.3, 0.4) is 0 Å². The molecule has 9 nitrogen and oxygen atoms in total. The van der Waals surface area contributed by atoms with Crippen LogP contribution in [0.2, 0.25) is 0 Å². The molecule has 2 rings (SSSR count). The number of methoxy groups -OCH3 is 1. The molecule has 0 atom stereocenters. The number of nitrogens with zero attached hydrogens (tertiary/aromatic N) is 2. The second-order valence-electron chi connectivity index (χ2n) is 5.84. The van der Waals surface area contributed by atoms with Crippen LogP contribution in [0, 0.1) is 0 Å². The first-order valence-corrected chi connectivity index (χ1v) is 8.45. The molecule has 1 aromatic carbocycles. The first-order chi connectivity index (χ1) is 13.8. The lowest BCUT2D eigenvalue weighted by Gasteiger charge is -2.14. The van der Waals surface area contributed by atoms with Crippen molar-refractivity contribution in [1.29, 1.82) is 0 Å². The number of ether oxygens (including phenoxy) is 2. The minimum Gasteiger partial charge on any atom is -0.493 e. The quantitative estimate of drug-likeness (QED) is 0.349. The number of imide groups is 2. The van der Waals surface area contributed by atoms with Crippen molar-refractivity contribution in [3.05, 3.63) is 36.4 Å². The lowest BCUT2D eigenvalue weighted by atomic mass is 10.1. The minimum atomic E-state index is -2.99. The van der Waals surface area contributed by atoms with E-state index in [1.165, 1.54) is 31.4 Å². The van der Waals surface area contributed by atoms with Gasteiger partial charge in [0.1, 0.15) is 6.54 Å². The SMILES string of the molecule is C=CCN1C(=O)C(=O)N(CC(=O)NCCc2ccc(OC(F)F)c(OC)c2)C1=O. The molecule has 29 heavy (non-hydrogen) atoms. The zero-order chi connectivity index (χ0) is 21.6. The van der Waals surface area contributed by atoms with E-state index in [-0.39, 0.29) is 24.6 Å². The van der Waals surface area contributed by atoms with Gasteiger partial charge in [-0.25, -0.2) is 9.69 Å². The fourth-order valence-corrected chi connectivity index (χ4v) is 2.59. The summed E-state index contributed by atoms with van der Waals surface area (Å²) in [6.45, 7) is -0.180. The Bertz CT molecular complexity index is 830. The number of carbonyl (C=O) groups is 4. The summed E-state index contributed by atoms with van der Waals surface area (Å²) in [4.78, 5) is 48.8. The van der Waals surface area contributed by atoms with Gasteiger partial charge < -0.3 is 14.8 Å². The highest BCUT2D eigenvalue weighted by molar-refractivity contribution is 6.45. The Labute approximate surface area is 164 Å². The van der Waals surface area contributed by atoms with E-state index in [0.29, 0.717) is 21.8 Å². The maximum Gasteiger partial charge on any atom is 0.387 e. The Morgan fingerprint density at radius 1 is 1.21 bits per heavy atom. The molecule has 0 unspecified atom stereocenters. The monoisotopic (exact) mass is 411 g/mol. The maximum atomic E-state index is 12.3. The normalized spacial score (nSPS) is 13.9. The molecule has 0 aromatic heterocycles. The highest BCUT2D eigenvalue weighted by Crippen LogP contribution is 2.29. The Hall–Kier alpha value is -3.50. The summed E-state index contributed by atoms with van der Waals surface area (Å²) < 4.78 is 34.0. The molecule has 5 amide bonds. The number of hydrogen-bond donors (Lipinski definition) is 1. The van der Waals surface area contributed by atoms with Crippen molar-refractivity contribution < 1.29 is 37.4 Å². The van der Waals surface area contributed by atoms with Crippen LogP contribution in [0.15, 0.2) is 30.9 Å². The Morgan fingerprint density at radius 3 is 2.52 bits per heavy atom. The lowest BCUT2D eigenvalue weighted by Crippen LogP contribution is -2.42. The number of alkyl halides is 2. The Morgan fingerprint density at radius 2 is 1.90 bits per heavy atom. The molecular formula is C18H19F2N3O6. The summed E-state index contributed by atoms with van der Waals surface area (Å²) in [6.07, 6.45) is 1.61. The third-order valence-electron chi connectivity index (χ3n) is 3.93. The van der Waals surface area contributed by atoms with Crippen molar-refractivity contribution in [3.63, 3.8) is 0 Å². The second-order valence-corrected chi connectivity index (χ2v) is 5.84. The van der Waals surface area contributed by atoms with E-state index in [4.69, 9.17) is 4.74 Å². The number of hydrogen-bond acceptors (Lipinski definition) is 6. The average molecular weight is 411 g/mol. The van der Waals surface area contributed by atoms with Crippen LogP contribution in [0.25, 0.3) is 0 Å². The van der Waals surface area contributed by atoms with Crippen LogP contribution in [-0.4, -0.2) is 66.9 Å². The smallest absolute Gasteiger partial charge is 0.387 e. The third kappa shape index (κ3) is 5.27. The van der Waals surface area contributed by atoms with Crippen molar-refractivity contribution in [2.24, 2.45) is 0 Å². The van der Waals surface area contributed by atoms with E-state index < -0.39 is 36.9 Å². The molecule has 0 spiro atoms. The van der Waals surface area contributed by atoms with Gasteiger partial charge in [0, 0.05) is 13.1 Å². The summed E-state index contributed by atoms with van der Waals surface area (Å²) in [5, 5.41) is 2.52. The topological polar surface area (TPSA) is 105 Å². The molecule has 0 saturated carbocycles. The van der Waals surface area contributed by atoms with Gasteiger partial charge in [0.15, 0.2) is 11.5 Å². The molecule has 1 fully saturated rings. The van der Waals surface area contributed by atoms with Gasteiger partial charge in [0.2, 0.25) is 5.91 Å². The first-order valence-electron chi connectivity index (χ1n) is 8.45. The van der Waals surface area contributed by atoms with Gasteiger partial charge in [-0.2, -0.15) is 8.78 Å². The van der Waals surface area contributed by atoms with E-state index in [1.807, 2.05) is 0 Å². The van der Waals surface area contributed by atoms with Crippen molar-refractivity contribution in [3.8, 4) is 11.5 Å². The van der Waals surface area contributed by atoms with Crippen LogP contribution >= 0.6 is 0 Å². The van der Waals surface area contributed by atoms with Crippen molar-refractivity contribution in [2.75, 3.05) is 26.7 Å². The van der Waals surface area contributed by atoms with Crippen molar-refractivity contribution in [1.82, 2.24) is 15.1 Å². The highest BCUT2D eigenvalue weighted by atomic mass is 19.3. The fraction of sp³-hybridized carbons (Fsp3) is 0.333. The van der Waals surface area contributed by atoms with Crippen LogP contribution in [0.1, 0.15) is 5.56 Å². The molecular weight excluding hydrogens is 392 g/mol. The predicted octanol–water partition coefficient (Wildman–Crippen LogP) is 0.932. The Kier molecular flexibility index (Phi) is 7.23. The van der Waals surface area contributed by atoms with Gasteiger partial charge >= 0.3 is 24.5 Å². The standard InChI is InChI=1S/C18H19F2N3O6/c1-3-8-22-15(25)16(26)23(18(22)27)10-14(24)21-7-6-11-4-5-12(29-17(19)20)13(9-11)28-2/h3-5,9,17H,1,6-8,10H2,2H3,(H,21,24). The molecule has 1 aliphatic rings. The molecule has 1 heterocycles. The summed E-state index contributed by atoms with van der Waals surface area (Å²) >= 11 is 0. The zero-order valence-electron chi connectivity index (χ0n) is 15.5. The Balaban J connectivity index is 1.88. The highest BCUT2D eigenvalue weighted by Gasteiger charge is 2.44. The van der Waals surface area contributed by atoms with E-state index >= 15 is 0 Å². The maximum absolute atomic E-state index is 12.3. The molecule has 1 aliphatic heterocycles. The van der Waals surface area contributed by atoms with E-state index in [9.17, 15) is 28.0 Å². The summed E-state index contributed by atoms with van der Waals surface area (Å²) in [5.41, 5.74) is 0.671. The predicted molar refractivity (Wildman–Crippen MR) is 95.4 cm³/mol.